The first-order valence-corrected chi connectivity index (χ1v) is 5.08. The van der Waals surface area contributed by atoms with Gasteiger partial charge in [0.25, 0.3) is 0 Å². The van der Waals surface area contributed by atoms with Gasteiger partial charge in [-0.1, -0.05) is 25.1 Å². The van der Waals surface area contributed by atoms with E-state index < -0.39 is 0 Å². The van der Waals surface area contributed by atoms with E-state index >= 15 is 0 Å². The second-order valence-corrected chi connectivity index (χ2v) is 3.39. The molecule has 3 nitrogen and oxygen atoms in total. The van der Waals surface area contributed by atoms with Crippen LogP contribution in [0.25, 0.3) is 0 Å². The molecule has 0 saturated heterocycles. The Morgan fingerprint density at radius 1 is 1.38 bits per heavy atom. The smallest absolute Gasteiger partial charge is 0.145 e. The number of nitrogens with zero attached hydrogens (tertiary/aromatic N) is 2. The van der Waals surface area contributed by atoms with E-state index in [0.29, 0.717) is 0 Å². The average Bonchev–Trinajstić information content (AvgIpc) is 2.31. The number of hydrogen-bond donors (Lipinski definition) is 1. The molecule has 0 radical (unpaired) electrons. The maximum atomic E-state index is 8.62. The molecule has 16 heavy (non-hydrogen) atoms. The third-order valence-corrected chi connectivity index (χ3v) is 2.34. The molecule has 1 aromatic rings. The Hall–Kier alpha value is -2.26. The lowest BCUT2D eigenvalue weighted by molar-refractivity contribution is 1.13. The highest BCUT2D eigenvalue weighted by atomic mass is 14.8. The van der Waals surface area contributed by atoms with Crippen molar-refractivity contribution in [1.29, 1.82) is 10.5 Å². The SMILES string of the molecule is CCc1cccc(C)c1NC=C(C#N)C#N. The van der Waals surface area contributed by atoms with Gasteiger partial charge in [0.1, 0.15) is 17.7 Å². The molecule has 80 valence electrons. The molecule has 0 aromatic heterocycles. The zero-order chi connectivity index (χ0) is 12.0. The van der Waals surface area contributed by atoms with Crippen molar-refractivity contribution >= 4 is 5.69 Å². The number of aryl methyl sites for hydroxylation is 2. The zero-order valence-electron chi connectivity index (χ0n) is 9.41. The molecule has 0 aliphatic heterocycles. The van der Waals surface area contributed by atoms with E-state index in [1.165, 1.54) is 11.8 Å². The molecule has 0 fully saturated rings. The van der Waals surface area contributed by atoms with E-state index in [9.17, 15) is 0 Å². The van der Waals surface area contributed by atoms with Crippen LogP contribution in [0.5, 0.6) is 0 Å². The molecular weight excluding hydrogens is 198 g/mol. The molecule has 0 amide bonds. The minimum atomic E-state index is 0.0744. The van der Waals surface area contributed by atoms with E-state index in [4.69, 9.17) is 10.5 Å². The number of allylic oxidation sites excluding steroid dienone is 1. The minimum Gasteiger partial charge on any atom is -0.359 e. The van der Waals surface area contributed by atoms with Crippen molar-refractivity contribution in [2.24, 2.45) is 0 Å². The fourth-order valence-corrected chi connectivity index (χ4v) is 1.46. The number of rotatable bonds is 3. The van der Waals surface area contributed by atoms with Crippen molar-refractivity contribution in [3.63, 3.8) is 0 Å². The topological polar surface area (TPSA) is 59.6 Å². The normalized spacial score (nSPS) is 8.75. The van der Waals surface area contributed by atoms with Crippen molar-refractivity contribution in [2.45, 2.75) is 20.3 Å². The van der Waals surface area contributed by atoms with Crippen LogP contribution in [0, 0.1) is 29.6 Å². The van der Waals surface area contributed by atoms with Gasteiger partial charge in [0.05, 0.1) is 0 Å². The first-order chi connectivity index (χ1) is 7.72. The predicted octanol–water partition coefficient (Wildman–Crippen LogP) is 2.90. The van der Waals surface area contributed by atoms with Crippen molar-refractivity contribution in [3.05, 3.63) is 41.1 Å². The monoisotopic (exact) mass is 211 g/mol. The Morgan fingerprint density at radius 3 is 2.62 bits per heavy atom. The fourth-order valence-electron chi connectivity index (χ4n) is 1.46. The van der Waals surface area contributed by atoms with Gasteiger partial charge in [-0.3, -0.25) is 0 Å². The maximum absolute atomic E-state index is 8.62. The highest BCUT2D eigenvalue weighted by molar-refractivity contribution is 5.60. The molecule has 0 atom stereocenters. The summed E-state index contributed by atoms with van der Waals surface area (Å²) >= 11 is 0. The van der Waals surface area contributed by atoms with Gasteiger partial charge in [0.15, 0.2) is 0 Å². The number of hydrogen-bond acceptors (Lipinski definition) is 3. The largest absolute Gasteiger partial charge is 0.359 e. The molecule has 0 aliphatic rings. The van der Waals surface area contributed by atoms with Crippen LogP contribution in [0.2, 0.25) is 0 Å². The molecule has 0 saturated carbocycles. The van der Waals surface area contributed by atoms with Crippen LogP contribution in [-0.2, 0) is 6.42 Å². The van der Waals surface area contributed by atoms with Crippen LogP contribution in [0.15, 0.2) is 30.0 Å². The third kappa shape index (κ3) is 2.62. The van der Waals surface area contributed by atoms with Gasteiger partial charge in [-0.25, -0.2) is 0 Å². The summed E-state index contributed by atoms with van der Waals surface area (Å²) < 4.78 is 0. The Balaban J connectivity index is 3.03. The number of nitriles is 2. The summed E-state index contributed by atoms with van der Waals surface area (Å²) in [5, 5.41) is 20.3. The van der Waals surface area contributed by atoms with Crippen LogP contribution in [0.1, 0.15) is 18.1 Å². The third-order valence-electron chi connectivity index (χ3n) is 2.34. The lowest BCUT2D eigenvalue weighted by Gasteiger charge is -2.10. The van der Waals surface area contributed by atoms with Gasteiger partial charge in [-0.05, 0) is 24.5 Å². The van der Waals surface area contributed by atoms with E-state index in [-0.39, 0.29) is 5.57 Å². The Morgan fingerprint density at radius 2 is 2.06 bits per heavy atom. The summed E-state index contributed by atoms with van der Waals surface area (Å²) in [6.07, 6.45) is 2.35. The van der Waals surface area contributed by atoms with Gasteiger partial charge in [-0.2, -0.15) is 10.5 Å². The zero-order valence-corrected chi connectivity index (χ0v) is 9.41. The number of para-hydroxylation sites is 1. The molecule has 0 bridgehead atoms. The Kier molecular flexibility index (Phi) is 4.12. The average molecular weight is 211 g/mol. The first-order valence-electron chi connectivity index (χ1n) is 5.08. The molecule has 0 unspecified atom stereocenters. The second-order valence-electron chi connectivity index (χ2n) is 3.39. The summed E-state index contributed by atoms with van der Waals surface area (Å²) in [7, 11) is 0. The number of benzene rings is 1. The minimum absolute atomic E-state index is 0.0744. The molecule has 1 aromatic carbocycles. The lowest BCUT2D eigenvalue weighted by Crippen LogP contribution is -1.97. The van der Waals surface area contributed by atoms with Crippen molar-refractivity contribution in [3.8, 4) is 12.1 Å². The highest BCUT2D eigenvalue weighted by Crippen LogP contribution is 2.21. The Bertz CT molecular complexity index is 471. The van der Waals surface area contributed by atoms with E-state index in [2.05, 4.69) is 12.2 Å². The van der Waals surface area contributed by atoms with E-state index in [0.717, 1.165) is 17.7 Å². The van der Waals surface area contributed by atoms with Crippen LogP contribution >= 0.6 is 0 Å². The Labute approximate surface area is 95.6 Å². The first kappa shape index (κ1) is 11.8. The molecular formula is C13H13N3. The summed E-state index contributed by atoms with van der Waals surface area (Å²) in [6.45, 7) is 4.06. The van der Waals surface area contributed by atoms with Crippen LogP contribution in [0.4, 0.5) is 5.69 Å². The second kappa shape index (κ2) is 5.58. The lowest BCUT2D eigenvalue weighted by atomic mass is 10.1. The standard InChI is InChI=1S/C13H13N3/c1-3-12-6-4-5-10(2)13(12)16-9-11(7-14)8-15/h4-6,9,16H,3H2,1-2H3. The highest BCUT2D eigenvalue weighted by Gasteiger charge is 2.02. The summed E-state index contributed by atoms with van der Waals surface area (Å²) in [5.74, 6) is 0. The molecule has 1 N–H and O–H groups in total. The van der Waals surface area contributed by atoms with Crippen LogP contribution < -0.4 is 5.32 Å². The van der Waals surface area contributed by atoms with Crippen LogP contribution in [0.3, 0.4) is 0 Å². The number of nitrogens with one attached hydrogen (secondary N) is 1. The van der Waals surface area contributed by atoms with Gasteiger partial charge in [-0.15, -0.1) is 0 Å². The maximum Gasteiger partial charge on any atom is 0.145 e. The van der Waals surface area contributed by atoms with E-state index in [1.807, 2.05) is 37.3 Å². The van der Waals surface area contributed by atoms with E-state index in [1.54, 1.807) is 0 Å². The molecule has 3 heteroatoms. The van der Waals surface area contributed by atoms with Gasteiger partial charge >= 0.3 is 0 Å². The number of anilines is 1. The fraction of sp³-hybridized carbons (Fsp3) is 0.231. The van der Waals surface area contributed by atoms with Gasteiger partial charge in [0.2, 0.25) is 0 Å². The van der Waals surface area contributed by atoms with Crippen molar-refractivity contribution < 1.29 is 0 Å². The molecule has 0 heterocycles. The summed E-state index contributed by atoms with van der Waals surface area (Å²) in [4.78, 5) is 0. The predicted molar refractivity (Wildman–Crippen MR) is 63.5 cm³/mol. The van der Waals surface area contributed by atoms with Crippen molar-refractivity contribution in [1.82, 2.24) is 0 Å². The molecule has 1 rings (SSSR count). The van der Waals surface area contributed by atoms with Gasteiger partial charge in [0, 0.05) is 11.9 Å². The van der Waals surface area contributed by atoms with Crippen molar-refractivity contribution in [2.75, 3.05) is 5.32 Å². The summed E-state index contributed by atoms with van der Waals surface area (Å²) in [6, 6.07) is 9.65. The van der Waals surface area contributed by atoms with Crippen LogP contribution in [-0.4, -0.2) is 0 Å². The molecule has 0 aliphatic carbocycles. The molecule has 0 spiro atoms. The quantitative estimate of drug-likeness (QED) is 0.782. The van der Waals surface area contributed by atoms with Gasteiger partial charge < -0.3 is 5.32 Å². The summed E-state index contributed by atoms with van der Waals surface area (Å²) in [5.41, 5.74) is 3.33.